The van der Waals surface area contributed by atoms with Crippen LogP contribution in [0.4, 0.5) is 5.69 Å². The molecule has 0 aromatic heterocycles. The summed E-state index contributed by atoms with van der Waals surface area (Å²) in [6, 6.07) is 16.1. The Morgan fingerprint density at radius 1 is 1.08 bits per heavy atom. The van der Waals surface area contributed by atoms with Gasteiger partial charge in [0.25, 0.3) is 5.91 Å². The highest BCUT2D eigenvalue weighted by Crippen LogP contribution is 2.28. The molecule has 0 aliphatic carbocycles. The Labute approximate surface area is 142 Å². The molecule has 5 heteroatoms. The molecule has 1 aliphatic heterocycles. The fourth-order valence-electron chi connectivity index (χ4n) is 2.92. The van der Waals surface area contributed by atoms with Crippen molar-refractivity contribution in [3.05, 3.63) is 77.2 Å². The highest BCUT2D eigenvalue weighted by Gasteiger charge is 2.32. The Morgan fingerprint density at radius 3 is 2.38 bits per heavy atom. The lowest BCUT2D eigenvalue weighted by Gasteiger charge is -2.29. The summed E-state index contributed by atoms with van der Waals surface area (Å²) < 4.78 is 23.7. The van der Waals surface area contributed by atoms with E-state index >= 15 is 0 Å². The number of hydrogen-bond donors (Lipinski definition) is 0. The van der Waals surface area contributed by atoms with Gasteiger partial charge in [-0.25, -0.2) is 8.42 Å². The Morgan fingerprint density at radius 2 is 1.75 bits per heavy atom. The number of carbonyl (C=O) groups is 1. The number of aryl methyl sites for hydroxylation is 1. The van der Waals surface area contributed by atoms with E-state index in [0.29, 0.717) is 5.56 Å². The van der Waals surface area contributed by atoms with E-state index in [9.17, 15) is 13.2 Å². The molecule has 0 saturated carbocycles. The average molecular weight is 341 g/mol. The van der Waals surface area contributed by atoms with Gasteiger partial charge in [-0.3, -0.25) is 4.79 Å². The number of benzene rings is 2. The van der Waals surface area contributed by atoms with Crippen molar-refractivity contribution < 1.29 is 13.2 Å². The minimum absolute atomic E-state index is 0.0797. The van der Waals surface area contributed by atoms with Crippen molar-refractivity contribution >= 4 is 21.4 Å². The summed E-state index contributed by atoms with van der Waals surface area (Å²) in [6.45, 7) is 2.02. The molecule has 0 radical (unpaired) electrons. The molecule has 1 unspecified atom stereocenters. The highest BCUT2D eigenvalue weighted by atomic mass is 32.2. The molecule has 3 rings (SSSR count). The SMILES string of the molecule is CCc1ccccc1N(C(=O)c1ccccc1)C1C=CS(=O)(=O)C1. The third-order valence-electron chi connectivity index (χ3n) is 4.11. The lowest BCUT2D eigenvalue weighted by Crippen LogP contribution is -2.41. The first kappa shape index (κ1) is 16.5. The lowest BCUT2D eigenvalue weighted by molar-refractivity contribution is 0.0983. The van der Waals surface area contributed by atoms with Gasteiger partial charge in [0.05, 0.1) is 11.8 Å². The van der Waals surface area contributed by atoms with E-state index in [1.807, 2.05) is 37.3 Å². The molecule has 0 saturated heterocycles. The van der Waals surface area contributed by atoms with Gasteiger partial charge in [-0.05, 0) is 36.3 Å². The number of hydrogen-bond acceptors (Lipinski definition) is 3. The van der Waals surface area contributed by atoms with Gasteiger partial charge in [0, 0.05) is 16.7 Å². The summed E-state index contributed by atoms with van der Waals surface area (Å²) in [5.74, 6) is -0.271. The molecule has 1 amide bonds. The topological polar surface area (TPSA) is 54.5 Å². The largest absolute Gasteiger partial charge is 0.300 e. The van der Waals surface area contributed by atoms with Crippen LogP contribution in [-0.2, 0) is 16.3 Å². The summed E-state index contributed by atoms with van der Waals surface area (Å²) in [6.07, 6.45) is 2.36. The van der Waals surface area contributed by atoms with Gasteiger partial charge in [0.1, 0.15) is 0 Å². The first-order valence-electron chi connectivity index (χ1n) is 7.89. The standard InChI is InChI=1S/C19H19NO3S/c1-2-15-8-6-7-11-18(15)20(17-12-13-24(22,23)14-17)19(21)16-9-4-3-5-10-16/h3-13,17H,2,14H2,1H3. The molecule has 124 valence electrons. The molecule has 1 heterocycles. The quantitative estimate of drug-likeness (QED) is 0.858. The Hall–Kier alpha value is -2.40. The van der Waals surface area contributed by atoms with Crippen molar-refractivity contribution in [3.63, 3.8) is 0 Å². The average Bonchev–Trinajstić information content (AvgIpc) is 2.96. The monoisotopic (exact) mass is 341 g/mol. The second-order valence-corrected chi connectivity index (χ2v) is 7.68. The van der Waals surface area contributed by atoms with E-state index < -0.39 is 15.9 Å². The molecule has 1 atom stereocenters. The van der Waals surface area contributed by atoms with Crippen LogP contribution >= 0.6 is 0 Å². The van der Waals surface area contributed by atoms with Gasteiger partial charge < -0.3 is 4.90 Å². The van der Waals surface area contributed by atoms with Gasteiger partial charge in [-0.15, -0.1) is 0 Å². The third kappa shape index (κ3) is 3.26. The van der Waals surface area contributed by atoms with Crippen molar-refractivity contribution in [2.75, 3.05) is 10.7 Å². The second kappa shape index (κ2) is 6.61. The van der Waals surface area contributed by atoms with E-state index in [2.05, 4.69) is 0 Å². The normalized spacial score (nSPS) is 18.5. The zero-order valence-electron chi connectivity index (χ0n) is 13.4. The van der Waals surface area contributed by atoms with E-state index in [1.165, 1.54) is 5.41 Å². The van der Waals surface area contributed by atoms with Gasteiger partial charge in [-0.2, -0.15) is 0 Å². The van der Waals surface area contributed by atoms with Crippen molar-refractivity contribution in [3.8, 4) is 0 Å². The molecule has 0 fully saturated rings. The van der Waals surface area contributed by atoms with Crippen LogP contribution in [0.25, 0.3) is 0 Å². The van der Waals surface area contributed by atoms with E-state index in [4.69, 9.17) is 0 Å². The van der Waals surface area contributed by atoms with Crippen molar-refractivity contribution in [1.29, 1.82) is 0 Å². The number of carbonyl (C=O) groups excluding carboxylic acids is 1. The Balaban J connectivity index is 2.08. The molecule has 1 aliphatic rings. The first-order chi connectivity index (χ1) is 11.5. The minimum Gasteiger partial charge on any atom is -0.300 e. The summed E-state index contributed by atoms with van der Waals surface area (Å²) in [7, 11) is -3.26. The Bertz CT molecular complexity index is 872. The predicted octanol–water partition coefficient (Wildman–Crippen LogP) is 3.21. The number of rotatable bonds is 4. The highest BCUT2D eigenvalue weighted by molar-refractivity contribution is 7.94. The van der Waals surface area contributed by atoms with Gasteiger partial charge in [0.15, 0.2) is 9.84 Å². The summed E-state index contributed by atoms with van der Waals surface area (Å²) in [5.41, 5.74) is 2.32. The summed E-state index contributed by atoms with van der Waals surface area (Å²) in [4.78, 5) is 14.7. The molecular formula is C19H19NO3S. The van der Waals surface area contributed by atoms with Crippen LogP contribution in [0.2, 0.25) is 0 Å². The van der Waals surface area contributed by atoms with E-state index in [1.54, 1.807) is 35.2 Å². The number of sulfone groups is 1. The maximum Gasteiger partial charge on any atom is 0.258 e. The maximum atomic E-state index is 13.1. The molecular weight excluding hydrogens is 322 g/mol. The predicted molar refractivity (Wildman–Crippen MR) is 95.8 cm³/mol. The smallest absolute Gasteiger partial charge is 0.258 e. The first-order valence-corrected chi connectivity index (χ1v) is 9.61. The third-order valence-corrected chi connectivity index (χ3v) is 5.49. The molecule has 0 spiro atoms. The fourth-order valence-corrected chi connectivity index (χ4v) is 4.19. The zero-order chi connectivity index (χ0) is 17.2. The van der Waals surface area contributed by atoms with Crippen LogP contribution in [0, 0.1) is 0 Å². The molecule has 2 aromatic carbocycles. The van der Waals surface area contributed by atoms with E-state index in [0.717, 1.165) is 17.7 Å². The molecule has 0 bridgehead atoms. The van der Waals surface area contributed by atoms with Crippen LogP contribution < -0.4 is 4.90 Å². The van der Waals surface area contributed by atoms with E-state index in [-0.39, 0.29) is 11.7 Å². The van der Waals surface area contributed by atoms with Crippen molar-refractivity contribution in [2.24, 2.45) is 0 Å². The summed E-state index contributed by atoms with van der Waals surface area (Å²) in [5, 5.41) is 1.21. The summed E-state index contributed by atoms with van der Waals surface area (Å²) >= 11 is 0. The van der Waals surface area contributed by atoms with Crippen molar-refractivity contribution in [1.82, 2.24) is 0 Å². The van der Waals surface area contributed by atoms with Crippen LogP contribution in [0.15, 0.2) is 66.1 Å². The molecule has 4 nitrogen and oxygen atoms in total. The van der Waals surface area contributed by atoms with Gasteiger partial charge in [-0.1, -0.05) is 43.3 Å². The van der Waals surface area contributed by atoms with Crippen LogP contribution in [-0.4, -0.2) is 26.1 Å². The fraction of sp³-hybridized carbons (Fsp3) is 0.211. The zero-order valence-corrected chi connectivity index (χ0v) is 14.2. The molecule has 2 aromatic rings. The Kier molecular flexibility index (Phi) is 4.53. The van der Waals surface area contributed by atoms with Crippen LogP contribution in [0.3, 0.4) is 0 Å². The minimum atomic E-state index is -3.26. The molecule has 24 heavy (non-hydrogen) atoms. The second-order valence-electron chi connectivity index (χ2n) is 5.75. The maximum absolute atomic E-state index is 13.1. The van der Waals surface area contributed by atoms with Crippen LogP contribution in [0.1, 0.15) is 22.8 Å². The van der Waals surface area contributed by atoms with Crippen molar-refractivity contribution in [2.45, 2.75) is 19.4 Å². The van der Waals surface area contributed by atoms with Crippen LogP contribution in [0.5, 0.6) is 0 Å². The number of amides is 1. The number of para-hydroxylation sites is 1. The molecule has 0 N–H and O–H groups in total. The number of anilines is 1. The van der Waals surface area contributed by atoms with Gasteiger partial charge >= 0.3 is 0 Å². The number of nitrogens with zero attached hydrogens (tertiary/aromatic N) is 1. The lowest BCUT2D eigenvalue weighted by atomic mass is 10.1. The van der Waals surface area contributed by atoms with Gasteiger partial charge in [0.2, 0.25) is 0 Å².